The fraction of sp³-hybridized carbons (Fsp3) is 0.926. The summed E-state index contributed by atoms with van der Waals surface area (Å²) < 4.78 is 13.9. The number of rotatable bonds is 5. The van der Waals surface area contributed by atoms with Crippen LogP contribution in [-0.2, 0) is 0 Å². The first-order chi connectivity index (χ1) is 13.6. The van der Waals surface area contributed by atoms with Crippen LogP contribution < -0.4 is 0 Å². The van der Waals surface area contributed by atoms with Gasteiger partial charge >= 0.3 is 0 Å². The van der Waals surface area contributed by atoms with Crippen molar-refractivity contribution in [2.75, 3.05) is 0 Å². The number of hydrogen-bond acceptors (Lipinski definition) is 1. The van der Waals surface area contributed by atoms with Crippen molar-refractivity contribution in [2.24, 2.45) is 40.4 Å². The van der Waals surface area contributed by atoms with Gasteiger partial charge in [-0.1, -0.05) is 45.3 Å². The lowest BCUT2D eigenvalue weighted by Crippen LogP contribution is -2.54. The van der Waals surface area contributed by atoms with Crippen LogP contribution in [0.1, 0.15) is 105 Å². The molecule has 0 aromatic heterocycles. The summed E-state index contributed by atoms with van der Waals surface area (Å²) in [6.07, 6.45) is 15.3. The number of allylic oxidation sites excluding steroid dienone is 1. The summed E-state index contributed by atoms with van der Waals surface area (Å²) in [6, 6.07) is 0. The lowest BCUT2D eigenvalue weighted by Gasteiger charge is -2.59. The first-order valence-corrected chi connectivity index (χ1v) is 12.6. The van der Waals surface area contributed by atoms with Crippen molar-refractivity contribution in [3.05, 3.63) is 11.6 Å². The van der Waals surface area contributed by atoms with Gasteiger partial charge in [-0.3, -0.25) is 0 Å². The van der Waals surface area contributed by atoms with E-state index in [1.54, 1.807) is 19.4 Å². The van der Waals surface area contributed by atoms with Gasteiger partial charge in [-0.15, -0.1) is 0 Å². The Morgan fingerprint density at radius 1 is 1.17 bits per heavy atom. The van der Waals surface area contributed by atoms with Crippen molar-refractivity contribution >= 4 is 0 Å². The smallest absolute Gasteiger partial charge is 0.105 e. The highest BCUT2D eigenvalue weighted by atomic mass is 19.1. The summed E-state index contributed by atoms with van der Waals surface area (Å²) in [5.41, 5.74) is 1.05. The normalized spacial score (nSPS) is 45.8. The van der Waals surface area contributed by atoms with Crippen molar-refractivity contribution in [3.63, 3.8) is 0 Å². The van der Waals surface area contributed by atoms with Crippen molar-refractivity contribution in [1.82, 2.24) is 0 Å². The minimum absolute atomic E-state index is 0.0406. The molecule has 4 aliphatic carbocycles. The van der Waals surface area contributed by atoms with E-state index in [-0.39, 0.29) is 11.5 Å². The predicted octanol–water partition coefficient (Wildman–Crippen LogP) is 7.48. The molecule has 8 atom stereocenters. The van der Waals surface area contributed by atoms with Gasteiger partial charge in [0.15, 0.2) is 0 Å². The quantitative estimate of drug-likeness (QED) is 0.471. The van der Waals surface area contributed by atoms with E-state index in [1.807, 2.05) is 0 Å². The molecule has 1 N–H and O–H groups in total. The van der Waals surface area contributed by atoms with Crippen LogP contribution in [0.3, 0.4) is 0 Å². The molecule has 0 aromatic rings. The van der Waals surface area contributed by atoms with Crippen molar-refractivity contribution in [1.29, 1.82) is 0 Å². The second-order valence-corrected chi connectivity index (χ2v) is 12.3. The highest BCUT2D eigenvalue weighted by molar-refractivity contribution is 5.26. The number of alkyl halides is 1. The van der Waals surface area contributed by atoms with E-state index < -0.39 is 5.67 Å². The van der Waals surface area contributed by atoms with Crippen molar-refractivity contribution in [3.8, 4) is 0 Å². The first kappa shape index (κ1) is 21.8. The summed E-state index contributed by atoms with van der Waals surface area (Å²) in [7, 11) is 0. The minimum atomic E-state index is -1.03. The van der Waals surface area contributed by atoms with Gasteiger partial charge in [-0.05, 0) is 107 Å². The molecule has 0 saturated heterocycles. The van der Waals surface area contributed by atoms with Crippen LogP contribution in [0.5, 0.6) is 0 Å². The molecule has 3 fully saturated rings. The third kappa shape index (κ3) is 3.64. The average molecular weight is 405 g/mol. The summed E-state index contributed by atoms with van der Waals surface area (Å²) >= 11 is 0. The molecule has 0 radical (unpaired) electrons. The molecule has 1 nitrogen and oxygen atoms in total. The molecule has 0 bridgehead atoms. The molecule has 0 aliphatic heterocycles. The Labute approximate surface area is 178 Å². The highest BCUT2D eigenvalue weighted by Gasteiger charge is 2.60. The van der Waals surface area contributed by atoms with E-state index in [4.69, 9.17) is 0 Å². The molecule has 166 valence electrons. The molecule has 0 aromatic carbocycles. The number of aliphatic hydroxyl groups excluding tert-OH is 1. The third-order valence-electron chi connectivity index (χ3n) is 10.3. The van der Waals surface area contributed by atoms with Crippen LogP contribution >= 0.6 is 0 Å². The maximum absolute atomic E-state index is 13.9. The van der Waals surface area contributed by atoms with Gasteiger partial charge in [0, 0.05) is 5.41 Å². The van der Waals surface area contributed by atoms with Gasteiger partial charge in [0.1, 0.15) is 5.67 Å². The molecular formula is C27H45FO. The van der Waals surface area contributed by atoms with E-state index in [2.05, 4.69) is 26.8 Å². The third-order valence-corrected chi connectivity index (χ3v) is 10.3. The number of fused-ring (bicyclic) bond motifs is 5. The predicted molar refractivity (Wildman–Crippen MR) is 119 cm³/mol. The zero-order valence-electron chi connectivity index (χ0n) is 19.6. The zero-order valence-corrected chi connectivity index (χ0v) is 19.6. The van der Waals surface area contributed by atoms with E-state index in [0.29, 0.717) is 23.7 Å². The number of halogens is 1. The second kappa shape index (κ2) is 7.64. The molecule has 4 rings (SSSR count). The average Bonchev–Trinajstić information content (AvgIpc) is 2.99. The topological polar surface area (TPSA) is 20.2 Å². The van der Waals surface area contributed by atoms with Crippen molar-refractivity contribution in [2.45, 2.75) is 117 Å². The Morgan fingerprint density at radius 3 is 2.66 bits per heavy atom. The summed E-state index contributed by atoms with van der Waals surface area (Å²) in [4.78, 5) is 0. The maximum atomic E-state index is 13.9. The molecule has 2 heteroatoms. The molecule has 0 unspecified atom stereocenters. The fourth-order valence-corrected chi connectivity index (χ4v) is 8.74. The van der Waals surface area contributed by atoms with Gasteiger partial charge in [0.25, 0.3) is 0 Å². The standard InChI is InChI=1S/C27H45FO/c1-18(8-7-16-25(2,3)28)21-13-14-22-20-12-11-19-9-6-10-24(29)27(19,5)23(20)15-17-26(21,22)4/h11,18,20-24,29H,6-10,12-17H2,1-5H3/t18-,20+,21-,22+,23+,24+,26-,27+/m1/s1. The van der Waals surface area contributed by atoms with Gasteiger partial charge in [0.05, 0.1) is 6.10 Å². The monoisotopic (exact) mass is 404 g/mol. The molecule has 0 spiro atoms. The molecule has 3 saturated carbocycles. The van der Waals surface area contributed by atoms with Crippen LogP contribution in [0, 0.1) is 40.4 Å². The first-order valence-electron chi connectivity index (χ1n) is 12.6. The maximum Gasteiger partial charge on any atom is 0.105 e. The Hall–Kier alpha value is -0.370. The highest BCUT2D eigenvalue weighted by Crippen LogP contribution is 2.67. The Morgan fingerprint density at radius 2 is 1.93 bits per heavy atom. The van der Waals surface area contributed by atoms with Crippen LogP contribution in [0.4, 0.5) is 4.39 Å². The summed E-state index contributed by atoms with van der Waals surface area (Å²) in [6.45, 7) is 10.9. The van der Waals surface area contributed by atoms with E-state index in [9.17, 15) is 9.50 Å². The Kier molecular flexibility index (Phi) is 5.76. The SMILES string of the molecule is C[C@H](CCCC(C)(C)F)[C@H]1CC[C@H]2[C@@H]3CC=C4CCC[C@H](O)[C@]4(C)[C@H]3CC[C@]12C. The fourth-order valence-electron chi connectivity index (χ4n) is 8.74. The molecule has 29 heavy (non-hydrogen) atoms. The Balaban J connectivity index is 1.49. The van der Waals surface area contributed by atoms with Gasteiger partial charge in [0.2, 0.25) is 0 Å². The lowest BCUT2D eigenvalue weighted by atomic mass is 9.46. The lowest BCUT2D eigenvalue weighted by molar-refractivity contribution is -0.0930. The van der Waals surface area contributed by atoms with E-state index in [0.717, 1.165) is 37.0 Å². The largest absolute Gasteiger partial charge is 0.392 e. The number of aliphatic hydroxyl groups is 1. The van der Waals surface area contributed by atoms with Crippen LogP contribution in [-0.4, -0.2) is 16.9 Å². The summed E-state index contributed by atoms with van der Waals surface area (Å²) in [5, 5.41) is 11.0. The summed E-state index contributed by atoms with van der Waals surface area (Å²) in [5.74, 6) is 3.75. The second-order valence-electron chi connectivity index (χ2n) is 12.3. The van der Waals surface area contributed by atoms with E-state index >= 15 is 0 Å². The van der Waals surface area contributed by atoms with Gasteiger partial charge in [-0.25, -0.2) is 4.39 Å². The van der Waals surface area contributed by atoms with Crippen LogP contribution in [0.2, 0.25) is 0 Å². The zero-order chi connectivity index (χ0) is 21.0. The number of hydrogen-bond donors (Lipinski definition) is 1. The molecule has 4 aliphatic rings. The van der Waals surface area contributed by atoms with Crippen LogP contribution in [0.25, 0.3) is 0 Å². The molecule has 0 heterocycles. The minimum Gasteiger partial charge on any atom is -0.392 e. The Bertz CT molecular complexity index is 633. The van der Waals surface area contributed by atoms with Gasteiger partial charge < -0.3 is 5.11 Å². The van der Waals surface area contributed by atoms with Crippen molar-refractivity contribution < 1.29 is 9.50 Å². The van der Waals surface area contributed by atoms with E-state index in [1.165, 1.54) is 44.9 Å². The molecular weight excluding hydrogens is 359 g/mol. The van der Waals surface area contributed by atoms with Crippen LogP contribution in [0.15, 0.2) is 11.6 Å². The van der Waals surface area contributed by atoms with Gasteiger partial charge in [-0.2, -0.15) is 0 Å². The molecule has 0 amide bonds.